The van der Waals surface area contributed by atoms with Crippen LogP contribution in [-0.2, 0) is 9.53 Å². The van der Waals surface area contributed by atoms with Gasteiger partial charge in [-0.05, 0) is 43.4 Å². The fourth-order valence-electron chi connectivity index (χ4n) is 2.53. The molecule has 0 aromatic carbocycles. The maximum absolute atomic E-state index is 11.7. The van der Waals surface area contributed by atoms with E-state index in [2.05, 4.69) is 10.6 Å². The minimum absolute atomic E-state index is 0.0303. The lowest BCUT2D eigenvalue weighted by Crippen LogP contribution is -2.49. The maximum Gasteiger partial charge on any atom is 0.328 e. The van der Waals surface area contributed by atoms with Crippen LogP contribution in [0.15, 0.2) is 0 Å². The number of carboxylic acid groups (broad SMARTS) is 1. The molecule has 0 bridgehead atoms. The molecule has 108 valence electrons. The molecule has 2 aliphatic rings. The average Bonchev–Trinajstić information content (AvgIpc) is 3.22. The van der Waals surface area contributed by atoms with E-state index < -0.39 is 18.0 Å². The van der Waals surface area contributed by atoms with Crippen molar-refractivity contribution in [1.82, 2.24) is 10.6 Å². The Labute approximate surface area is 112 Å². The monoisotopic (exact) mass is 270 g/mol. The summed E-state index contributed by atoms with van der Waals surface area (Å²) in [5.74, 6) is 1.03. The molecule has 2 amide bonds. The van der Waals surface area contributed by atoms with Gasteiger partial charge in [0.15, 0.2) is 6.04 Å². The summed E-state index contributed by atoms with van der Waals surface area (Å²) < 4.78 is 4.76. The second-order valence-corrected chi connectivity index (χ2v) is 5.54. The highest BCUT2D eigenvalue weighted by Crippen LogP contribution is 2.48. The number of amides is 2. The van der Waals surface area contributed by atoms with Crippen LogP contribution in [0.3, 0.4) is 0 Å². The van der Waals surface area contributed by atoms with E-state index in [4.69, 9.17) is 9.84 Å². The van der Waals surface area contributed by atoms with Crippen molar-refractivity contribution >= 4 is 12.0 Å². The van der Waals surface area contributed by atoms with Crippen molar-refractivity contribution in [2.75, 3.05) is 20.3 Å². The number of methoxy groups -OCH3 is 1. The van der Waals surface area contributed by atoms with E-state index in [0.717, 1.165) is 11.8 Å². The molecule has 1 atom stereocenters. The second kappa shape index (κ2) is 6.23. The summed E-state index contributed by atoms with van der Waals surface area (Å²) in [4.78, 5) is 22.6. The summed E-state index contributed by atoms with van der Waals surface area (Å²) in [6.07, 6.45) is 5.08. The zero-order chi connectivity index (χ0) is 13.8. The van der Waals surface area contributed by atoms with Gasteiger partial charge in [-0.15, -0.1) is 0 Å². The average molecular weight is 270 g/mol. The van der Waals surface area contributed by atoms with Crippen molar-refractivity contribution in [3.63, 3.8) is 0 Å². The first-order valence-corrected chi connectivity index (χ1v) is 6.88. The van der Waals surface area contributed by atoms with E-state index in [1.165, 1.54) is 32.8 Å². The van der Waals surface area contributed by atoms with E-state index >= 15 is 0 Å². The Hall–Kier alpha value is -1.30. The molecular weight excluding hydrogens is 248 g/mol. The standard InChI is InChI=1S/C13H22N2O4/c1-19-7-11(12(16)17)15-13(18)14-6-10(8-2-3-8)9-4-5-9/h8-11H,2-7H2,1H3,(H,16,17)(H2,14,15,18). The molecule has 2 aliphatic carbocycles. The van der Waals surface area contributed by atoms with Crippen LogP contribution >= 0.6 is 0 Å². The molecule has 2 fully saturated rings. The quantitative estimate of drug-likeness (QED) is 0.609. The third kappa shape index (κ3) is 4.38. The van der Waals surface area contributed by atoms with Gasteiger partial charge < -0.3 is 20.5 Å². The first-order valence-electron chi connectivity index (χ1n) is 6.88. The van der Waals surface area contributed by atoms with Crippen molar-refractivity contribution in [3.05, 3.63) is 0 Å². The molecule has 6 heteroatoms. The Morgan fingerprint density at radius 2 is 1.84 bits per heavy atom. The van der Waals surface area contributed by atoms with Crippen molar-refractivity contribution in [3.8, 4) is 0 Å². The van der Waals surface area contributed by atoms with E-state index in [0.29, 0.717) is 12.5 Å². The first kappa shape index (κ1) is 14.1. The van der Waals surface area contributed by atoms with E-state index in [1.807, 2.05) is 0 Å². The van der Waals surface area contributed by atoms with Crippen molar-refractivity contribution in [2.45, 2.75) is 31.7 Å². The topological polar surface area (TPSA) is 87.7 Å². The van der Waals surface area contributed by atoms with Gasteiger partial charge in [0.2, 0.25) is 0 Å². The molecule has 0 radical (unpaired) electrons. The summed E-state index contributed by atoms with van der Waals surface area (Å²) in [7, 11) is 1.41. The number of rotatable bonds is 8. The van der Waals surface area contributed by atoms with Gasteiger partial charge in [-0.1, -0.05) is 0 Å². The molecule has 3 N–H and O–H groups in total. The predicted molar refractivity (Wildman–Crippen MR) is 68.8 cm³/mol. The third-order valence-electron chi connectivity index (χ3n) is 3.89. The fourth-order valence-corrected chi connectivity index (χ4v) is 2.53. The molecule has 19 heavy (non-hydrogen) atoms. The van der Waals surface area contributed by atoms with Crippen LogP contribution in [0.25, 0.3) is 0 Å². The van der Waals surface area contributed by atoms with Crippen LogP contribution in [0, 0.1) is 17.8 Å². The van der Waals surface area contributed by atoms with Crippen molar-refractivity contribution < 1.29 is 19.4 Å². The molecule has 0 spiro atoms. The highest BCUT2D eigenvalue weighted by molar-refractivity contribution is 5.82. The number of carboxylic acids is 1. The van der Waals surface area contributed by atoms with Gasteiger partial charge >= 0.3 is 12.0 Å². The lowest BCUT2D eigenvalue weighted by molar-refractivity contribution is -0.140. The maximum atomic E-state index is 11.7. The largest absolute Gasteiger partial charge is 0.480 e. The van der Waals surface area contributed by atoms with Gasteiger partial charge in [-0.2, -0.15) is 0 Å². The highest BCUT2D eigenvalue weighted by Gasteiger charge is 2.41. The molecule has 0 saturated heterocycles. The van der Waals surface area contributed by atoms with Gasteiger partial charge in [0, 0.05) is 13.7 Å². The minimum Gasteiger partial charge on any atom is -0.480 e. The number of urea groups is 1. The molecule has 0 aliphatic heterocycles. The fraction of sp³-hybridized carbons (Fsp3) is 0.846. The Balaban J connectivity index is 1.71. The summed E-state index contributed by atoms with van der Waals surface area (Å²) in [6, 6.07) is -1.42. The molecule has 0 aromatic heterocycles. The molecular formula is C13H22N2O4. The number of carbonyl (C=O) groups excluding carboxylic acids is 1. The highest BCUT2D eigenvalue weighted by atomic mass is 16.5. The number of aliphatic carboxylic acids is 1. The summed E-state index contributed by atoms with van der Waals surface area (Å²) in [5.41, 5.74) is 0. The molecule has 6 nitrogen and oxygen atoms in total. The van der Waals surface area contributed by atoms with Gasteiger partial charge in [-0.25, -0.2) is 9.59 Å². The molecule has 2 rings (SSSR count). The first-order chi connectivity index (χ1) is 9.11. The molecule has 0 heterocycles. The van der Waals surface area contributed by atoms with Crippen LogP contribution in [0.1, 0.15) is 25.7 Å². The molecule has 1 unspecified atom stereocenters. The zero-order valence-electron chi connectivity index (χ0n) is 11.2. The Kier molecular flexibility index (Phi) is 4.63. The van der Waals surface area contributed by atoms with Gasteiger partial charge in [0.05, 0.1) is 6.61 Å². The Bertz CT molecular complexity index is 328. The van der Waals surface area contributed by atoms with Crippen molar-refractivity contribution in [1.29, 1.82) is 0 Å². The van der Waals surface area contributed by atoms with Gasteiger partial charge in [0.1, 0.15) is 0 Å². The van der Waals surface area contributed by atoms with Gasteiger partial charge in [0.25, 0.3) is 0 Å². The second-order valence-electron chi connectivity index (χ2n) is 5.54. The minimum atomic E-state index is -1.09. The van der Waals surface area contributed by atoms with Crippen LogP contribution in [0.5, 0.6) is 0 Å². The Morgan fingerprint density at radius 1 is 1.26 bits per heavy atom. The van der Waals surface area contributed by atoms with Crippen LogP contribution in [-0.4, -0.2) is 43.4 Å². The van der Waals surface area contributed by atoms with E-state index in [9.17, 15) is 9.59 Å². The third-order valence-corrected chi connectivity index (χ3v) is 3.89. The SMILES string of the molecule is COCC(NC(=O)NCC(C1CC1)C1CC1)C(=O)O. The zero-order valence-corrected chi connectivity index (χ0v) is 11.2. The van der Waals surface area contributed by atoms with Crippen LogP contribution in [0.4, 0.5) is 4.79 Å². The Morgan fingerprint density at radius 3 is 2.26 bits per heavy atom. The van der Waals surface area contributed by atoms with E-state index in [-0.39, 0.29) is 6.61 Å². The van der Waals surface area contributed by atoms with Crippen LogP contribution in [0.2, 0.25) is 0 Å². The van der Waals surface area contributed by atoms with Crippen LogP contribution < -0.4 is 10.6 Å². The summed E-state index contributed by atoms with van der Waals surface area (Å²) in [6.45, 7) is 0.623. The number of nitrogens with one attached hydrogen (secondary N) is 2. The number of hydrogen-bond acceptors (Lipinski definition) is 3. The number of hydrogen-bond donors (Lipinski definition) is 3. The smallest absolute Gasteiger partial charge is 0.328 e. The lowest BCUT2D eigenvalue weighted by atomic mass is 9.98. The molecule has 2 saturated carbocycles. The van der Waals surface area contributed by atoms with Crippen molar-refractivity contribution in [2.24, 2.45) is 17.8 Å². The van der Waals surface area contributed by atoms with Gasteiger partial charge in [-0.3, -0.25) is 0 Å². The summed E-state index contributed by atoms with van der Waals surface area (Å²) >= 11 is 0. The molecule has 0 aromatic rings. The lowest BCUT2D eigenvalue weighted by Gasteiger charge is -2.18. The predicted octanol–water partition coefficient (Wildman–Crippen LogP) is 0.821. The number of carbonyl (C=O) groups is 2. The summed E-state index contributed by atoms with van der Waals surface area (Å²) in [5, 5.41) is 14.1. The number of ether oxygens (including phenoxy) is 1. The normalized spacial score (nSPS) is 20.1. The van der Waals surface area contributed by atoms with E-state index in [1.54, 1.807) is 0 Å².